The summed E-state index contributed by atoms with van der Waals surface area (Å²) in [5.74, 6) is 0.721. The first kappa shape index (κ1) is 9.00. The van der Waals surface area contributed by atoms with E-state index in [1.165, 1.54) is 12.8 Å². The van der Waals surface area contributed by atoms with E-state index in [0.717, 1.165) is 13.1 Å². The molecule has 0 aromatic rings. The quantitative estimate of drug-likeness (QED) is 0.694. The van der Waals surface area contributed by atoms with Crippen LogP contribution in [0.3, 0.4) is 0 Å². The first-order chi connectivity index (χ1) is 6.13. The number of hydrogen-bond donors (Lipinski definition) is 1. The Labute approximate surface area is 79.3 Å². The molecule has 1 heterocycles. The Hall–Kier alpha value is -0.570. The third-order valence-corrected chi connectivity index (χ3v) is 3.30. The van der Waals surface area contributed by atoms with Crippen LogP contribution in [0.2, 0.25) is 0 Å². The van der Waals surface area contributed by atoms with Crippen molar-refractivity contribution in [1.29, 1.82) is 0 Å². The summed E-state index contributed by atoms with van der Waals surface area (Å²) in [5.41, 5.74) is 6.00. The second-order valence-corrected chi connectivity index (χ2v) is 4.89. The molecular weight excluding hydrogens is 164 g/mol. The van der Waals surface area contributed by atoms with Crippen molar-refractivity contribution in [3.63, 3.8) is 0 Å². The molecule has 1 atom stereocenters. The van der Waals surface area contributed by atoms with Gasteiger partial charge in [-0.3, -0.25) is 4.79 Å². The molecule has 1 aliphatic heterocycles. The second kappa shape index (κ2) is 2.98. The van der Waals surface area contributed by atoms with Crippen molar-refractivity contribution in [3.8, 4) is 0 Å². The highest BCUT2D eigenvalue weighted by molar-refractivity contribution is 5.78. The zero-order chi connectivity index (χ0) is 9.47. The molecule has 0 aromatic heterocycles. The molecule has 1 unspecified atom stereocenters. The van der Waals surface area contributed by atoms with Gasteiger partial charge in [-0.15, -0.1) is 0 Å². The van der Waals surface area contributed by atoms with Crippen LogP contribution in [0.4, 0.5) is 0 Å². The maximum Gasteiger partial charge on any atom is 0.222 e. The minimum absolute atomic E-state index is 0.309. The molecule has 0 bridgehead atoms. The summed E-state index contributed by atoms with van der Waals surface area (Å²) >= 11 is 0. The summed E-state index contributed by atoms with van der Waals surface area (Å²) in [7, 11) is 0. The molecule has 13 heavy (non-hydrogen) atoms. The van der Waals surface area contributed by atoms with Crippen molar-refractivity contribution in [2.45, 2.75) is 26.2 Å². The van der Waals surface area contributed by atoms with Crippen LogP contribution in [0, 0.1) is 11.3 Å². The Bertz CT molecular complexity index is 223. The van der Waals surface area contributed by atoms with E-state index in [-0.39, 0.29) is 0 Å². The number of carbonyl (C=O) groups excluding carboxylic acids is 1. The summed E-state index contributed by atoms with van der Waals surface area (Å²) in [5, 5.41) is 0. The monoisotopic (exact) mass is 182 g/mol. The van der Waals surface area contributed by atoms with E-state index in [1.54, 1.807) is 0 Å². The van der Waals surface area contributed by atoms with E-state index >= 15 is 0 Å². The molecule has 1 saturated carbocycles. The molecule has 1 amide bonds. The minimum Gasteiger partial charge on any atom is -0.342 e. The Kier molecular flexibility index (Phi) is 2.06. The van der Waals surface area contributed by atoms with Crippen molar-refractivity contribution in [2.24, 2.45) is 17.1 Å². The average molecular weight is 182 g/mol. The minimum atomic E-state index is 0.309. The Morgan fingerprint density at radius 2 is 2.31 bits per heavy atom. The van der Waals surface area contributed by atoms with Gasteiger partial charge in [-0.1, -0.05) is 6.92 Å². The van der Waals surface area contributed by atoms with Crippen LogP contribution in [0.15, 0.2) is 0 Å². The predicted octanol–water partition coefficient (Wildman–Crippen LogP) is 0.594. The molecule has 3 nitrogen and oxygen atoms in total. The summed E-state index contributed by atoms with van der Waals surface area (Å²) in [4.78, 5) is 13.5. The topological polar surface area (TPSA) is 46.3 Å². The smallest absolute Gasteiger partial charge is 0.222 e. The Morgan fingerprint density at radius 1 is 1.62 bits per heavy atom. The highest BCUT2D eigenvalue weighted by Gasteiger charge is 2.41. The zero-order valence-corrected chi connectivity index (χ0v) is 8.25. The number of hydrogen-bond acceptors (Lipinski definition) is 2. The predicted molar refractivity (Wildman–Crippen MR) is 51.1 cm³/mol. The molecule has 1 saturated heterocycles. The van der Waals surface area contributed by atoms with Gasteiger partial charge >= 0.3 is 0 Å². The molecular formula is C10H18N2O. The van der Waals surface area contributed by atoms with Crippen LogP contribution >= 0.6 is 0 Å². The van der Waals surface area contributed by atoms with Crippen LogP contribution in [-0.4, -0.2) is 30.4 Å². The van der Waals surface area contributed by atoms with Gasteiger partial charge in [0.2, 0.25) is 5.91 Å². The van der Waals surface area contributed by atoms with Crippen molar-refractivity contribution >= 4 is 5.91 Å². The van der Waals surface area contributed by atoms with E-state index in [4.69, 9.17) is 5.73 Å². The van der Waals surface area contributed by atoms with E-state index in [9.17, 15) is 4.79 Å². The summed E-state index contributed by atoms with van der Waals surface area (Å²) in [6, 6.07) is 0. The fourth-order valence-electron chi connectivity index (χ4n) is 2.00. The summed E-state index contributed by atoms with van der Waals surface area (Å²) < 4.78 is 0. The van der Waals surface area contributed by atoms with Crippen LogP contribution in [0.25, 0.3) is 0 Å². The van der Waals surface area contributed by atoms with Crippen LogP contribution in [-0.2, 0) is 4.79 Å². The van der Waals surface area contributed by atoms with E-state index in [2.05, 4.69) is 6.92 Å². The normalized spacial score (nSPS) is 31.1. The molecule has 2 fully saturated rings. The fourth-order valence-corrected chi connectivity index (χ4v) is 2.00. The Morgan fingerprint density at radius 3 is 2.77 bits per heavy atom. The molecule has 0 spiro atoms. The van der Waals surface area contributed by atoms with Gasteiger partial charge in [-0.05, 0) is 30.7 Å². The van der Waals surface area contributed by atoms with Gasteiger partial charge in [-0.25, -0.2) is 0 Å². The molecule has 2 aliphatic rings. The van der Waals surface area contributed by atoms with Crippen molar-refractivity contribution in [3.05, 3.63) is 0 Å². The molecule has 2 rings (SSSR count). The van der Waals surface area contributed by atoms with E-state index < -0.39 is 0 Å². The molecule has 3 heteroatoms. The lowest BCUT2D eigenvalue weighted by molar-refractivity contribution is -0.128. The lowest BCUT2D eigenvalue weighted by Crippen LogP contribution is -2.31. The number of carbonyl (C=O) groups is 1. The lowest BCUT2D eigenvalue weighted by Gasteiger charge is -2.20. The molecule has 2 N–H and O–H groups in total. The number of likely N-dealkylation sites (tertiary alicyclic amines) is 1. The molecule has 74 valence electrons. The van der Waals surface area contributed by atoms with E-state index in [1.807, 2.05) is 4.90 Å². The van der Waals surface area contributed by atoms with Gasteiger partial charge in [0.15, 0.2) is 0 Å². The van der Waals surface area contributed by atoms with Crippen molar-refractivity contribution in [1.82, 2.24) is 4.90 Å². The third-order valence-electron chi connectivity index (χ3n) is 3.30. The first-order valence-corrected chi connectivity index (χ1v) is 5.11. The van der Waals surface area contributed by atoms with Crippen LogP contribution < -0.4 is 5.73 Å². The van der Waals surface area contributed by atoms with Gasteiger partial charge < -0.3 is 10.6 Å². The van der Waals surface area contributed by atoms with Gasteiger partial charge in [0.05, 0.1) is 0 Å². The lowest BCUT2D eigenvalue weighted by atomic mass is 10.1. The molecule has 0 aromatic carbocycles. The summed E-state index contributed by atoms with van der Waals surface area (Å²) in [6.07, 6.45) is 3.24. The van der Waals surface area contributed by atoms with Crippen LogP contribution in [0.1, 0.15) is 26.2 Å². The Balaban J connectivity index is 1.89. The third kappa shape index (κ3) is 1.85. The van der Waals surface area contributed by atoms with Gasteiger partial charge in [-0.2, -0.15) is 0 Å². The summed E-state index contributed by atoms with van der Waals surface area (Å²) in [6.45, 7) is 4.77. The zero-order valence-electron chi connectivity index (χ0n) is 8.25. The largest absolute Gasteiger partial charge is 0.342 e. The highest BCUT2D eigenvalue weighted by Crippen LogP contribution is 2.46. The van der Waals surface area contributed by atoms with Gasteiger partial charge in [0, 0.05) is 19.5 Å². The maximum absolute atomic E-state index is 11.5. The number of amides is 1. The number of rotatable bonds is 3. The van der Waals surface area contributed by atoms with Crippen molar-refractivity contribution in [2.75, 3.05) is 19.6 Å². The first-order valence-electron chi connectivity index (χ1n) is 5.11. The standard InChI is InChI=1S/C10H18N2O/c1-10(2-3-10)7-12-6-8(5-11)4-9(12)13/h8H,2-7,11H2,1H3. The van der Waals surface area contributed by atoms with Crippen molar-refractivity contribution < 1.29 is 4.79 Å². The fraction of sp³-hybridized carbons (Fsp3) is 0.900. The SMILES string of the molecule is CC1(CN2CC(CN)CC2=O)CC1. The van der Waals surface area contributed by atoms with Gasteiger partial charge in [0.1, 0.15) is 0 Å². The number of nitrogens with zero attached hydrogens (tertiary/aromatic N) is 1. The number of nitrogens with two attached hydrogens (primary N) is 1. The van der Waals surface area contributed by atoms with Gasteiger partial charge in [0.25, 0.3) is 0 Å². The maximum atomic E-state index is 11.5. The highest BCUT2D eigenvalue weighted by atomic mass is 16.2. The second-order valence-electron chi connectivity index (χ2n) is 4.89. The average Bonchev–Trinajstić information content (AvgIpc) is 2.70. The molecule has 0 radical (unpaired) electrons. The molecule has 1 aliphatic carbocycles. The van der Waals surface area contributed by atoms with E-state index in [0.29, 0.717) is 30.2 Å². The van der Waals surface area contributed by atoms with Crippen LogP contribution in [0.5, 0.6) is 0 Å².